The van der Waals surface area contributed by atoms with Gasteiger partial charge >= 0.3 is 0 Å². The lowest BCUT2D eigenvalue weighted by molar-refractivity contribution is -0.123. The molecule has 1 unspecified atom stereocenters. The Hall–Kier alpha value is -1.89. The molecule has 154 valence electrons. The van der Waals surface area contributed by atoms with Crippen molar-refractivity contribution in [2.24, 2.45) is 10.9 Å². The second-order valence-electron chi connectivity index (χ2n) is 7.78. The van der Waals surface area contributed by atoms with Gasteiger partial charge in [-0.25, -0.2) is 0 Å². The Morgan fingerprint density at radius 1 is 1.39 bits per heavy atom. The largest absolute Gasteiger partial charge is 0.484 e. The first kappa shape index (κ1) is 20.8. The molecule has 2 fully saturated rings. The van der Waals surface area contributed by atoms with E-state index in [1.165, 1.54) is 0 Å². The topological polar surface area (TPSA) is 66.0 Å². The third-order valence-electron chi connectivity index (χ3n) is 5.01. The summed E-state index contributed by atoms with van der Waals surface area (Å²) in [5.41, 5.74) is 1.10. The van der Waals surface area contributed by atoms with E-state index in [9.17, 15) is 4.79 Å². The van der Waals surface area contributed by atoms with E-state index in [0.29, 0.717) is 23.8 Å². The number of guanidine groups is 1. The smallest absolute Gasteiger partial charge is 0.258 e. The summed E-state index contributed by atoms with van der Waals surface area (Å²) in [7, 11) is 1.84. The number of rotatable bonds is 7. The van der Waals surface area contributed by atoms with Crippen LogP contribution in [0.25, 0.3) is 0 Å². The fourth-order valence-electron chi connectivity index (χ4n) is 3.18. The molecule has 3 rings (SSSR count). The summed E-state index contributed by atoms with van der Waals surface area (Å²) in [5.74, 6) is 3.41. The van der Waals surface area contributed by atoms with Crippen LogP contribution in [0.1, 0.15) is 32.3 Å². The van der Waals surface area contributed by atoms with Gasteiger partial charge in [-0.3, -0.25) is 9.79 Å². The van der Waals surface area contributed by atoms with Gasteiger partial charge in [0.25, 0.3) is 5.91 Å². The lowest BCUT2D eigenvalue weighted by Crippen LogP contribution is -2.48. The molecule has 1 amide bonds. The van der Waals surface area contributed by atoms with Crippen LogP contribution in [0.2, 0.25) is 0 Å². The zero-order valence-electron chi connectivity index (χ0n) is 17.1. The highest BCUT2D eigenvalue weighted by Gasteiger charge is 2.25. The molecule has 1 aliphatic heterocycles. The minimum absolute atomic E-state index is 0.0471. The second-order valence-corrected chi connectivity index (χ2v) is 9.12. The molecule has 0 bridgehead atoms. The number of thioether (sulfide) groups is 1. The van der Waals surface area contributed by atoms with Crippen LogP contribution in [0.15, 0.2) is 29.3 Å². The van der Waals surface area contributed by atoms with Crippen LogP contribution in [0.4, 0.5) is 0 Å². The van der Waals surface area contributed by atoms with Gasteiger partial charge in [-0.15, -0.1) is 0 Å². The Labute approximate surface area is 172 Å². The lowest BCUT2D eigenvalue weighted by atomic mass is 10.1. The summed E-state index contributed by atoms with van der Waals surface area (Å²) >= 11 is 2.06. The van der Waals surface area contributed by atoms with Crippen molar-refractivity contribution in [3.05, 3.63) is 29.8 Å². The van der Waals surface area contributed by atoms with E-state index in [2.05, 4.69) is 52.2 Å². The number of amides is 1. The van der Waals surface area contributed by atoms with Crippen LogP contribution in [-0.4, -0.2) is 60.6 Å². The maximum atomic E-state index is 11.8. The molecule has 0 aromatic heterocycles. The van der Waals surface area contributed by atoms with Crippen molar-refractivity contribution in [3.63, 3.8) is 0 Å². The van der Waals surface area contributed by atoms with Crippen molar-refractivity contribution in [2.75, 3.05) is 32.5 Å². The number of carbonyl (C=O) groups is 1. The van der Waals surface area contributed by atoms with Gasteiger partial charge in [-0.2, -0.15) is 11.8 Å². The van der Waals surface area contributed by atoms with Crippen LogP contribution < -0.4 is 15.4 Å². The third-order valence-corrected chi connectivity index (χ3v) is 6.55. The number of nitrogens with zero attached hydrogens (tertiary/aromatic N) is 2. The van der Waals surface area contributed by atoms with Crippen LogP contribution in [0, 0.1) is 5.92 Å². The highest BCUT2D eigenvalue weighted by Crippen LogP contribution is 2.25. The Kier molecular flexibility index (Phi) is 7.48. The summed E-state index contributed by atoms with van der Waals surface area (Å²) in [6.45, 7) is 7.36. The first-order chi connectivity index (χ1) is 13.5. The van der Waals surface area contributed by atoms with E-state index in [1.54, 1.807) is 0 Å². The van der Waals surface area contributed by atoms with E-state index in [-0.39, 0.29) is 12.5 Å². The third kappa shape index (κ3) is 6.33. The molecule has 1 aromatic rings. The van der Waals surface area contributed by atoms with E-state index in [4.69, 9.17) is 4.74 Å². The Balaban J connectivity index is 1.49. The van der Waals surface area contributed by atoms with Gasteiger partial charge in [0, 0.05) is 43.7 Å². The van der Waals surface area contributed by atoms with Crippen LogP contribution in [0.3, 0.4) is 0 Å². The highest BCUT2D eigenvalue weighted by atomic mass is 32.2. The average molecular weight is 405 g/mol. The van der Waals surface area contributed by atoms with Crippen LogP contribution in [-0.2, 0) is 11.3 Å². The van der Waals surface area contributed by atoms with Gasteiger partial charge in [-0.05, 0) is 36.5 Å². The van der Waals surface area contributed by atoms with E-state index < -0.39 is 0 Å². The SMILES string of the molecule is CN=C(NCc1cccc(OCC(=O)NC2CC2)c1)N1CCSC(C(C)C)C1. The van der Waals surface area contributed by atoms with Gasteiger partial charge in [0.05, 0.1) is 0 Å². The molecule has 1 heterocycles. The van der Waals surface area contributed by atoms with Gasteiger partial charge in [0.1, 0.15) is 5.75 Å². The van der Waals surface area contributed by atoms with Gasteiger partial charge in [0.2, 0.25) is 0 Å². The summed E-state index contributed by atoms with van der Waals surface area (Å²) in [6, 6.07) is 8.24. The molecule has 28 heavy (non-hydrogen) atoms. The predicted octanol–water partition coefficient (Wildman–Crippen LogP) is 2.49. The maximum Gasteiger partial charge on any atom is 0.258 e. The summed E-state index contributed by atoms with van der Waals surface area (Å²) in [6.07, 6.45) is 2.17. The van der Waals surface area contributed by atoms with Crippen LogP contribution in [0.5, 0.6) is 5.75 Å². The maximum absolute atomic E-state index is 11.8. The van der Waals surface area contributed by atoms with Gasteiger partial charge in [-0.1, -0.05) is 26.0 Å². The Morgan fingerprint density at radius 2 is 2.21 bits per heavy atom. The second kappa shape index (κ2) is 10.0. The molecular weight excluding hydrogens is 372 g/mol. The molecule has 1 saturated heterocycles. The van der Waals surface area contributed by atoms with Crippen molar-refractivity contribution in [2.45, 2.75) is 44.5 Å². The monoisotopic (exact) mass is 404 g/mol. The molecule has 7 heteroatoms. The molecule has 0 radical (unpaired) electrons. The average Bonchev–Trinajstić information content (AvgIpc) is 3.51. The molecule has 0 spiro atoms. The summed E-state index contributed by atoms with van der Waals surface area (Å²) in [4.78, 5) is 18.6. The minimum Gasteiger partial charge on any atom is -0.484 e. The zero-order chi connectivity index (χ0) is 19.9. The first-order valence-electron chi connectivity index (χ1n) is 10.1. The van der Waals surface area contributed by atoms with E-state index in [0.717, 1.165) is 49.0 Å². The number of ether oxygens (including phenoxy) is 1. The zero-order valence-corrected chi connectivity index (χ0v) is 17.9. The Bertz CT molecular complexity index is 691. The summed E-state index contributed by atoms with van der Waals surface area (Å²) in [5, 5.41) is 7.05. The van der Waals surface area contributed by atoms with Crippen LogP contribution >= 0.6 is 11.8 Å². The molecule has 2 N–H and O–H groups in total. The number of benzene rings is 1. The molecule has 1 saturated carbocycles. The number of hydrogen-bond acceptors (Lipinski definition) is 4. The van der Waals surface area contributed by atoms with Crippen molar-refractivity contribution in [3.8, 4) is 5.75 Å². The lowest BCUT2D eigenvalue weighted by Gasteiger charge is -2.36. The van der Waals surface area contributed by atoms with E-state index >= 15 is 0 Å². The minimum atomic E-state index is -0.0471. The number of carbonyl (C=O) groups excluding carboxylic acids is 1. The van der Waals surface area contributed by atoms with Crippen molar-refractivity contribution in [1.82, 2.24) is 15.5 Å². The fraction of sp³-hybridized carbons (Fsp3) is 0.619. The normalized spacial score (nSPS) is 20.2. The molecule has 1 atom stereocenters. The molecule has 2 aliphatic rings. The summed E-state index contributed by atoms with van der Waals surface area (Å²) < 4.78 is 5.64. The Morgan fingerprint density at radius 3 is 2.93 bits per heavy atom. The van der Waals surface area contributed by atoms with Crippen molar-refractivity contribution >= 4 is 23.6 Å². The number of hydrogen-bond donors (Lipinski definition) is 2. The fourth-order valence-corrected chi connectivity index (χ4v) is 4.47. The predicted molar refractivity (Wildman–Crippen MR) is 116 cm³/mol. The van der Waals surface area contributed by atoms with Crippen molar-refractivity contribution < 1.29 is 9.53 Å². The number of aliphatic imine (C=N–C) groups is 1. The molecule has 1 aromatic carbocycles. The molecule has 6 nitrogen and oxygen atoms in total. The quantitative estimate of drug-likeness (QED) is 0.540. The van der Waals surface area contributed by atoms with E-state index in [1.807, 2.05) is 25.2 Å². The standard InChI is InChI=1S/C21H32N4O2S/c1-15(2)19-13-25(9-10-28-19)21(22-3)23-12-16-5-4-6-18(11-16)27-14-20(26)24-17-7-8-17/h4-6,11,15,17,19H,7-10,12-14H2,1-3H3,(H,22,23)(H,24,26). The van der Waals surface area contributed by atoms with Gasteiger partial charge in [0.15, 0.2) is 12.6 Å². The van der Waals surface area contributed by atoms with Crippen molar-refractivity contribution in [1.29, 1.82) is 0 Å². The van der Waals surface area contributed by atoms with Gasteiger partial charge < -0.3 is 20.3 Å². The first-order valence-corrected chi connectivity index (χ1v) is 11.2. The number of nitrogens with one attached hydrogen (secondary N) is 2. The molecular formula is C21H32N4O2S. The molecule has 1 aliphatic carbocycles. The highest BCUT2D eigenvalue weighted by molar-refractivity contribution is 8.00.